The molecule has 2 aromatic heterocycles. The fourth-order valence-electron chi connectivity index (χ4n) is 2.32. The molecule has 4 nitrogen and oxygen atoms in total. The van der Waals surface area contributed by atoms with Crippen molar-refractivity contribution in [1.29, 1.82) is 0 Å². The van der Waals surface area contributed by atoms with E-state index in [4.69, 9.17) is 0 Å². The molecular formula is C15H22N4. The zero-order valence-electron chi connectivity index (χ0n) is 11.7. The molecule has 0 saturated heterocycles. The van der Waals surface area contributed by atoms with Crippen LogP contribution in [0.15, 0.2) is 36.9 Å². The Kier molecular flexibility index (Phi) is 5.10. The second kappa shape index (κ2) is 7.04. The first-order valence-corrected chi connectivity index (χ1v) is 6.92. The van der Waals surface area contributed by atoms with Crippen molar-refractivity contribution in [1.82, 2.24) is 19.9 Å². The summed E-state index contributed by atoms with van der Waals surface area (Å²) in [5.41, 5.74) is 1.32. The molecule has 0 spiro atoms. The van der Waals surface area contributed by atoms with E-state index in [1.165, 1.54) is 5.56 Å². The van der Waals surface area contributed by atoms with Gasteiger partial charge in [-0.25, -0.2) is 4.98 Å². The van der Waals surface area contributed by atoms with Gasteiger partial charge in [-0.1, -0.05) is 6.92 Å². The highest BCUT2D eigenvalue weighted by molar-refractivity contribution is 5.11. The van der Waals surface area contributed by atoms with Crippen molar-refractivity contribution < 1.29 is 0 Å². The molecule has 0 aromatic carbocycles. The number of aromatic nitrogens is 3. The summed E-state index contributed by atoms with van der Waals surface area (Å²) in [5.74, 6) is 1.14. The Morgan fingerprint density at radius 1 is 1.26 bits per heavy atom. The predicted molar refractivity (Wildman–Crippen MR) is 76.9 cm³/mol. The van der Waals surface area contributed by atoms with Gasteiger partial charge in [0.2, 0.25) is 0 Å². The molecule has 2 heterocycles. The van der Waals surface area contributed by atoms with Gasteiger partial charge in [0.1, 0.15) is 5.82 Å². The highest BCUT2D eigenvalue weighted by atomic mass is 15.1. The summed E-state index contributed by atoms with van der Waals surface area (Å²) >= 11 is 0. The van der Waals surface area contributed by atoms with E-state index >= 15 is 0 Å². The summed E-state index contributed by atoms with van der Waals surface area (Å²) in [7, 11) is 2.00. The number of nitrogens with one attached hydrogen (secondary N) is 1. The molecule has 102 valence electrons. The molecule has 0 bridgehead atoms. The number of nitrogens with zero attached hydrogens (tertiary/aromatic N) is 3. The number of aryl methyl sites for hydroxylation is 2. The quantitative estimate of drug-likeness (QED) is 0.830. The molecule has 1 unspecified atom stereocenters. The molecule has 0 aliphatic heterocycles. The molecule has 0 radical (unpaired) electrons. The summed E-state index contributed by atoms with van der Waals surface area (Å²) in [6, 6.07) is 4.45. The van der Waals surface area contributed by atoms with E-state index in [0.717, 1.165) is 31.6 Å². The molecule has 2 aromatic rings. The van der Waals surface area contributed by atoms with Crippen LogP contribution in [-0.4, -0.2) is 21.6 Å². The first kappa shape index (κ1) is 13.7. The Bertz CT molecular complexity index is 478. The smallest absolute Gasteiger partial charge is 0.125 e. The maximum absolute atomic E-state index is 4.51. The van der Waals surface area contributed by atoms with Gasteiger partial charge in [0.25, 0.3) is 0 Å². The van der Waals surface area contributed by atoms with Gasteiger partial charge in [-0.05, 0) is 44.0 Å². The van der Waals surface area contributed by atoms with Crippen molar-refractivity contribution in [3.63, 3.8) is 0 Å². The molecule has 1 N–H and O–H groups in total. The highest BCUT2D eigenvalue weighted by Gasteiger charge is 2.14. The maximum Gasteiger partial charge on any atom is 0.125 e. The average molecular weight is 258 g/mol. The molecule has 0 amide bonds. The van der Waals surface area contributed by atoms with Gasteiger partial charge >= 0.3 is 0 Å². The van der Waals surface area contributed by atoms with Crippen molar-refractivity contribution in [2.45, 2.75) is 38.8 Å². The fourth-order valence-corrected chi connectivity index (χ4v) is 2.32. The lowest BCUT2D eigenvalue weighted by atomic mass is 10.1. The Labute approximate surface area is 114 Å². The maximum atomic E-state index is 4.51. The molecule has 0 fully saturated rings. The number of rotatable bonds is 7. The van der Waals surface area contributed by atoms with Crippen molar-refractivity contribution >= 4 is 0 Å². The SMILES string of the molecule is CCCn1ccnc1C(CCc1ccncc1)NC. The second-order valence-electron chi connectivity index (χ2n) is 4.71. The first-order chi connectivity index (χ1) is 9.35. The minimum absolute atomic E-state index is 0.301. The van der Waals surface area contributed by atoms with Gasteiger partial charge < -0.3 is 9.88 Å². The van der Waals surface area contributed by atoms with E-state index in [0.29, 0.717) is 6.04 Å². The van der Waals surface area contributed by atoms with Crippen LogP contribution < -0.4 is 5.32 Å². The Balaban J connectivity index is 2.01. The first-order valence-electron chi connectivity index (χ1n) is 6.92. The summed E-state index contributed by atoms with van der Waals surface area (Å²) in [4.78, 5) is 8.56. The number of pyridine rings is 1. The van der Waals surface area contributed by atoms with Crippen molar-refractivity contribution in [3.05, 3.63) is 48.3 Å². The highest BCUT2D eigenvalue weighted by Crippen LogP contribution is 2.17. The monoisotopic (exact) mass is 258 g/mol. The Morgan fingerprint density at radius 2 is 2.05 bits per heavy atom. The normalized spacial score (nSPS) is 12.5. The van der Waals surface area contributed by atoms with Crippen LogP contribution in [0.2, 0.25) is 0 Å². The van der Waals surface area contributed by atoms with Crippen LogP contribution in [0.1, 0.15) is 37.2 Å². The van der Waals surface area contributed by atoms with Crippen molar-refractivity contribution in [3.8, 4) is 0 Å². The van der Waals surface area contributed by atoms with Crippen LogP contribution in [-0.2, 0) is 13.0 Å². The molecule has 1 atom stereocenters. The second-order valence-corrected chi connectivity index (χ2v) is 4.71. The molecule has 0 aliphatic rings. The van der Waals surface area contributed by atoms with E-state index in [9.17, 15) is 0 Å². The van der Waals surface area contributed by atoms with Crippen LogP contribution >= 0.6 is 0 Å². The lowest BCUT2D eigenvalue weighted by molar-refractivity contribution is 0.486. The van der Waals surface area contributed by atoms with Gasteiger partial charge in [0, 0.05) is 31.3 Å². The molecule has 2 rings (SSSR count). The third kappa shape index (κ3) is 3.64. The molecule has 19 heavy (non-hydrogen) atoms. The summed E-state index contributed by atoms with van der Waals surface area (Å²) in [6.45, 7) is 3.22. The van der Waals surface area contributed by atoms with Crippen LogP contribution in [0.25, 0.3) is 0 Å². The largest absolute Gasteiger partial charge is 0.334 e. The Hall–Kier alpha value is -1.68. The van der Waals surface area contributed by atoms with Crippen LogP contribution in [0.3, 0.4) is 0 Å². The van der Waals surface area contributed by atoms with Gasteiger partial charge in [-0.2, -0.15) is 0 Å². The third-order valence-electron chi connectivity index (χ3n) is 3.34. The average Bonchev–Trinajstić information content (AvgIpc) is 2.90. The van der Waals surface area contributed by atoms with E-state index < -0.39 is 0 Å². The zero-order chi connectivity index (χ0) is 13.5. The number of hydrogen-bond donors (Lipinski definition) is 1. The lowest BCUT2D eigenvalue weighted by Crippen LogP contribution is -2.21. The zero-order valence-corrected chi connectivity index (χ0v) is 11.7. The summed E-state index contributed by atoms with van der Waals surface area (Å²) in [6.07, 6.45) is 10.9. The molecule has 0 aliphatic carbocycles. The van der Waals surface area contributed by atoms with E-state index in [1.807, 2.05) is 25.6 Å². The predicted octanol–water partition coefficient (Wildman–Crippen LogP) is 2.58. The molecular weight excluding hydrogens is 236 g/mol. The number of imidazole rings is 1. The van der Waals surface area contributed by atoms with E-state index in [-0.39, 0.29) is 0 Å². The number of hydrogen-bond acceptors (Lipinski definition) is 3. The van der Waals surface area contributed by atoms with Crippen molar-refractivity contribution in [2.75, 3.05) is 7.05 Å². The minimum atomic E-state index is 0.301. The van der Waals surface area contributed by atoms with E-state index in [2.05, 4.69) is 45.1 Å². The molecule has 0 saturated carbocycles. The van der Waals surface area contributed by atoms with Gasteiger partial charge in [0.05, 0.1) is 6.04 Å². The van der Waals surface area contributed by atoms with Gasteiger partial charge in [0.15, 0.2) is 0 Å². The van der Waals surface area contributed by atoms with Crippen LogP contribution in [0.4, 0.5) is 0 Å². The van der Waals surface area contributed by atoms with E-state index in [1.54, 1.807) is 0 Å². The minimum Gasteiger partial charge on any atom is -0.334 e. The lowest BCUT2D eigenvalue weighted by Gasteiger charge is -2.17. The topological polar surface area (TPSA) is 42.7 Å². The molecule has 4 heteroatoms. The van der Waals surface area contributed by atoms with Crippen LogP contribution in [0.5, 0.6) is 0 Å². The third-order valence-corrected chi connectivity index (χ3v) is 3.34. The van der Waals surface area contributed by atoms with Gasteiger partial charge in [-0.3, -0.25) is 4.98 Å². The summed E-state index contributed by atoms with van der Waals surface area (Å²) < 4.78 is 2.24. The van der Waals surface area contributed by atoms with Gasteiger partial charge in [-0.15, -0.1) is 0 Å². The standard InChI is InChI=1S/C15H22N4/c1-3-11-19-12-10-18-15(19)14(16-2)5-4-13-6-8-17-9-7-13/h6-10,12,14,16H,3-5,11H2,1-2H3. The Morgan fingerprint density at radius 3 is 2.74 bits per heavy atom. The summed E-state index contributed by atoms with van der Waals surface area (Å²) in [5, 5.41) is 3.37. The van der Waals surface area contributed by atoms with Crippen LogP contribution in [0, 0.1) is 0 Å². The fraction of sp³-hybridized carbons (Fsp3) is 0.467. The van der Waals surface area contributed by atoms with Crippen molar-refractivity contribution in [2.24, 2.45) is 0 Å².